The molecule has 1 atom stereocenters. The first-order valence-corrected chi connectivity index (χ1v) is 13.0. The zero-order chi connectivity index (χ0) is 24.4. The first-order chi connectivity index (χ1) is 16.9. The van der Waals surface area contributed by atoms with E-state index < -0.39 is 9.84 Å². The van der Waals surface area contributed by atoms with Crippen LogP contribution in [0.3, 0.4) is 0 Å². The molecule has 182 valence electrons. The predicted octanol–water partition coefficient (Wildman–Crippen LogP) is 2.57. The number of fused-ring (bicyclic) bond motifs is 1. The van der Waals surface area contributed by atoms with E-state index in [1.807, 2.05) is 13.0 Å². The van der Waals surface area contributed by atoms with Crippen LogP contribution in [0.2, 0.25) is 0 Å². The third-order valence-corrected chi connectivity index (χ3v) is 8.38. The molecule has 35 heavy (non-hydrogen) atoms. The molecule has 2 aliphatic rings. The molecule has 1 fully saturated rings. The molecule has 0 spiro atoms. The number of sulfone groups is 1. The van der Waals surface area contributed by atoms with Crippen molar-refractivity contribution in [1.29, 1.82) is 0 Å². The van der Waals surface area contributed by atoms with Gasteiger partial charge in [-0.2, -0.15) is 0 Å². The maximum absolute atomic E-state index is 13.3. The van der Waals surface area contributed by atoms with E-state index in [-0.39, 0.29) is 23.3 Å². The minimum atomic E-state index is -3.66. The van der Waals surface area contributed by atoms with Crippen LogP contribution in [0.1, 0.15) is 29.4 Å². The van der Waals surface area contributed by atoms with Crippen LogP contribution < -0.4 is 5.32 Å². The zero-order valence-electron chi connectivity index (χ0n) is 19.4. The number of allylic oxidation sites excluding steroid dienone is 4. The van der Waals surface area contributed by atoms with Gasteiger partial charge in [0.05, 0.1) is 40.8 Å². The number of nitrogens with zero attached hydrogens (tertiary/aromatic N) is 4. The van der Waals surface area contributed by atoms with Crippen molar-refractivity contribution >= 4 is 21.4 Å². The summed E-state index contributed by atoms with van der Waals surface area (Å²) in [6, 6.07) is 6.66. The number of aromatic nitrogens is 3. The lowest BCUT2D eigenvalue weighted by atomic mass is 9.99. The number of amides is 1. The predicted molar refractivity (Wildman–Crippen MR) is 130 cm³/mol. The average Bonchev–Trinajstić information content (AvgIpc) is 3.36. The molecule has 0 saturated carbocycles. The van der Waals surface area contributed by atoms with E-state index >= 15 is 0 Å². The molecule has 1 saturated heterocycles. The number of rotatable bonds is 6. The summed E-state index contributed by atoms with van der Waals surface area (Å²) < 4.78 is 33.7. The Balaban J connectivity index is 1.25. The van der Waals surface area contributed by atoms with E-state index in [2.05, 4.69) is 20.2 Å². The molecule has 9 nitrogen and oxygen atoms in total. The van der Waals surface area contributed by atoms with Crippen LogP contribution in [0, 0.1) is 5.92 Å². The number of hydrogen-bond donors (Lipinski definition) is 1. The highest BCUT2D eigenvalue weighted by Gasteiger charge is 2.29. The fraction of sp³-hybridized carbons (Fsp3) is 0.320. The Labute approximate surface area is 204 Å². The van der Waals surface area contributed by atoms with Gasteiger partial charge in [0.25, 0.3) is 5.91 Å². The monoisotopic (exact) mass is 493 g/mol. The fourth-order valence-electron chi connectivity index (χ4n) is 4.40. The smallest absolute Gasteiger partial charge is 0.253 e. The van der Waals surface area contributed by atoms with Crippen molar-refractivity contribution < 1.29 is 17.9 Å². The van der Waals surface area contributed by atoms with E-state index in [9.17, 15) is 13.2 Å². The number of hydrogen-bond acceptors (Lipinski definition) is 7. The molecule has 5 rings (SSSR count). The number of morpholine rings is 1. The van der Waals surface area contributed by atoms with Crippen molar-refractivity contribution in [2.45, 2.75) is 24.8 Å². The fourth-order valence-corrected chi connectivity index (χ4v) is 5.97. The van der Waals surface area contributed by atoms with Gasteiger partial charge in [-0.25, -0.2) is 13.4 Å². The maximum Gasteiger partial charge on any atom is 0.253 e. The van der Waals surface area contributed by atoms with Crippen molar-refractivity contribution in [2.75, 3.05) is 26.3 Å². The summed E-state index contributed by atoms with van der Waals surface area (Å²) in [5.74, 6) is -0.377. The zero-order valence-corrected chi connectivity index (χ0v) is 20.2. The van der Waals surface area contributed by atoms with Gasteiger partial charge in [0.2, 0.25) is 9.84 Å². The summed E-state index contributed by atoms with van der Waals surface area (Å²) in [5, 5.41) is 2.82. The number of imidazole rings is 1. The first kappa shape index (κ1) is 23.3. The number of carbonyl (C=O) groups excluding carboxylic acids is 1. The van der Waals surface area contributed by atoms with Gasteiger partial charge >= 0.3 is 0 Å². The van der Waals surface area contributed by atoms with Crippen molar-refractivity contribution in [2.24, 2.45) is 5.92 Å². The summed E-state index contributed by atoms with van der Waals surface area (Å²) in [6.07, 6.45) is 10.8. The quantitative estimate of drug-likeness (QED) is 0.563. The molecular formula is C25H27N5O4S. The van der Waals surface area contributed by atoms with E-state index in [0.717, 1.165) is 24.4 Å². The normalized spacial score (nSPS) is 18.8. The highest BCUT2D eigenvalue weighted by molar-refractivity contribution is 7.95. The first-order valence-electron chi connectivity index (χ1n) is 11.6. The summed E-state index contributed by atoms with van der Waals surface area (Å²) in [7, 11) is -3.66. The molecular weight excluding hydrogens is 466 g/mol. The Morgan fingerprint density at radius 3 is 2.71 bits per heavy atom. The second-order valence-corrected chi connectivity index (χ2v) is 10.7. The van der Waals surface area contributed by atoms with Crippen LogP contribution in [-0.2, 0) is 21.1 Å². The average molecular weight is 494 g/mol. The van der Waals surface area contributed by atoms with E-state index in [1.54, 1.807) is 53.3 Å². The van der Waals surface area contributed by atoms with E-state index in [0.29, 0.717) is 35.8 Å². The summed E-state index contributed by atoms with van der Waals surface area (Å²) in [4.78, 5) is 23.8. The maximum atomic E-state index is 13.3. The van der Waals surface area contributed by atoms with E-state index in [4.69, 9.17) is 4.74 Å². The number of carbonyl (C=O) groups is 1. The Morgan fingerprint density at radius 1 is 1.14 bits per heavy atom. The van der Waals surface area contributed by atoms with Gasteiger partial charge in [0.1, 0.15) is 5.65 Å². The lowest BCUT2D eigenvalue weighted by Gasteiger charge is -2.34. The van der Waals surface area contributed by atoms with Gasteiger partial charge in [-0.1, -0.05) is 6.92 Å². The molecule has 4 heterocycles. The second-order valence-electron chi connectivity index (χ2n) is 8.71. The SMILES string of the molecule is CC1CC(N2CCOCC2)=CC=C1S(=O)(=O)c1ccc(CNC(=O)c2ccc3nccn3c2)nc1. The largest absolute Gasteiger partial charge is 0.378 e. The molecule has 1 N–H and O–H groups in total. The van der Waals surface area contributed by atoms with Gasteiger partial charge in [-0.05, 0) is 48.8 Å². The van der Waals surface area contributed by atoms with Crippen LogP contribution in [0.5, 0.6) is 0 Å². The minimum absolute atomic E-state index is 0.130. The van der Waals surface area contributed by atoms with Gasteiger partial charge in [0.15, 0.2) is 0 Å². The Kier molecular flexibility index (Phi) is 6.40. The van der Waals surface area contributed by atoms with Crippen LogP contribution in [0.4, 0.5) is 0 Å². The van der Waals surface area contributed by atoms with Crippen LogP contribution in [0.25, 0.3) is 5.65 Å². The Hall–Kier alpha value is -3.50. The van der Waals surface area contributed by atoms with Gasteiger partial charge in [-0.15, -0.1) is 0 Å². The highest BCUT2D eigenvalue weighted by atomic mass is 32.2. The molecule has 3 aromatic heterocycles. The van der Waals surface area contributed by atoms with Crippen LogP contribution >= 0.6 is 0 Å². The van der Waals surface area contributed by atoms with E-state index in [1.165, 1.54) is 6.20 Å². The Bertz CT molecular complexity index is 1400. The number of pyridine rings is 2. The molecule has 1 unspecified atom stereocenters. The third kappa shape index (κ3) is 4.85. The standard InChI is InChI=1S/C25H27N5O4S/c1-18-14-21(29-10-12-34-13-11-29)4-6-23(18)35(32,33)22-5-3-20(27-16-22)15-28-25(31)19-2-7-24-26-8-9-30(24)17-19/h2-9,16-18H,10-15H2,1H3,(H,28,31). The van der Waals surface area contributed by atoms with Crippen molar-refractivity contribution in [3.63, 3.8) is 0 Å². The number of nitrogens with one attached hydrogen (secondary N) is 1. The molecule has 0 aromatic carbocycles. The molecule has 10 heteroatoms. The summed E-state index contributed by atoms with van der Waals surface area (Å²) in [5.41, 5.74) is 2.98. The topological polar surface area (TPSA) is 106 Å². The lowest BCUT2D eigenvalue weighted by molar-refractivity contribution is 0.0513. The van der Waals surface area contributed by atoms with Crippen molar-refractivity contribution in [3.8, 4) is 0 Å². The lowest BCUT2D eigenvalue weighted by Crippen LogP contribution is -2.36. The Morgan fingerprint density at radius 2 is 1.97 bits per heavy atom. The summed E-state index contributed by atoms with van der Waals surface area (Å²) >= 11 is 0. The van der Waals surface area contributed by atoms with Crippen LogP contribution in [0.15, 0.2) is 76.7 Å². The minimum Gasteiger partial charge on any atom is -0.378 e. The van der Waals surface area contributed by atoms with Gasteiger partial charge in [0, 0.05) is 43.6 Å². The number of ether oxygens (including phenoxy) is 1. The molecule has 0 bridgehead atoms. The molecule has 0 radical (unpaired) electrons. The molecule has 1 amide bonds. The van der Waals surface area contributed by atoms with Crippen molar-refractivity contribution in [1.82, 2.24) is 24.6 Å². The molecule has 1 aliphatic heterocycles. The second kappa shape index (κ2) is 9.63. The molecule has 1 aliphatic carbocycles. The molecule has 3 aromatic rings. The van der Waals surface area contributed by atoms with Gasteiger partial charge < -0.3 is 19.4 Å². The van der Waals surface area contributed by atoms with Crippen molar-refractivity contribution in [3.05, 3.63) is 83.1 Å². The summed E-state index contributed by atoms with van der Waals surface area (Å²) in [6.45, 7) is 5.17. The third-order valence-electron chi connectivity index (χ3n) is 6.36. The van der Waals surface area contributed by atoms with Crippen LogP contribution in [-0.4, -0.2) is 59.9 Å². The van der Waals surface area contributed by atoms with Gasteiger partial charge in [-0.3, -0.25) is 9.78 Å². The highest BCUT2D eigenvalue weighted by Crippen LogP contribution is 2.33.